The van der Waals surface area contributed by atoms with E-state index in [1.54, 1.807) is 14.2 Å². The second-order valence-electron chi connectivity index (χ2n) is 6.25. The van der Waals surface area contributed by atoms with Crippen LogP contribution in [0.4, 0.5) is 0 Å². The predicted molar refractivity (Wildman–Crippen MR) is 87.6 cm³/mol. The molecule has 118 valence electrons. The molecule has 2 N–H and O–H groups in total. The average molecular weight is 312 g/mol. The SMILES string of the molecule is COc1cc(Cl)c(C2(N)CCCCC2)c(C(C)C)c1OC. The minimum atomic E-state index is -0.353. The number of rotatable bonds is 4. The van der Waals surface area contributed by atoms with Gasteiger partial charge in [-0.1, -0.05) is 44.7 Å². The Kier molecular flexibility index (Phi) is 5.05. The summed E-state index contributed by atoms with van der Waals surface area (Å²) in [7, 11) is 3.31. The van der Waals surface area contributed by atoms with Crippen LogP contribution in [0.5, 0.6) is 11.5 Å². The number of benzene rings is 1. The summed E-state index contributed by atoms with van der Waals surface area (Å²) in [5.41, 5.74) is 8.54. The van der Waals surface area contributed by atoms with E-state index in [4.69, 9.17) is 26.8 Å². The zero-order valence-corrected chi connectivity index (χ0v) is 14.2. The smallest absolute Gasteiger partial charge is 0.164 e. The van der Waals surface area contributed by atoms with Crippen molar-refractivity contribution < 1.29 is 9.47 Å². The Morgan fingerprint density at radius 2 is 1.76 bits per heavy atom. The van der Waals surface area contributed by atoms with E-state index >= 15 is 0 Å². The predicted octanol–water partition coefficient (Wildman–Crippen LogP) is 4.60. The summed E-state index contributed by atoms with van der Waals surface area (Å²) in [6.07, 6.45) is 5.50. The van der Waals surface area contributed by atoms with Crippen LogP contribution in [-0.2, 0) is 5.54 Å². The van der Waals surface area contributed by atoms with Crippen LogP contribution in [-0.4, -0.2) is 14.2 Å². The molecule has 3 nitrogen and oxygen atoms in total. The van der Waals surface area contributed by atoms with Crippen molar-refractivity contribution in [1.82, 2.24) is 0 Å². The molecule has 0 aliphatic heterocycles. The van der Waals surface area contributed by atoms with Crippen LogP contribution in [0.25, 0.3) is 0 Å². The largest absolute Gasteiger partial charge is 0.493 e. The molecule has 1 aromatic rings. The van der Waals surface area contributed by atoms with Crippen LogP contribution in [0.2, 0.25) is 5.02 Å². The fourth-order valence-electron chi connectivity index (χ4n) is 3.48. The summed E-state index contributed by atoms with van der Waals surface area (Å²) < 4.78 is 11.1. The van der Waals surface area contributed by atoms with Gasteiger partial charge in [-0.15, -0.1) is 0 Å². The highest BCUT2D eigenvalue weighted by molar-refractivity contribution is 6.31. The minimum absolute atomic E-state index is 0.268. The molecule has 0 radical (unpaired) electrons. The summed E-state index contributed by atoms with van der Waals surface area (Å²) >= 11 is 6.59. The molecule has 1 fully saturated rings. The lowest BCUT2D eigenvalue weighted by Crippen LogP contribution is -2.40. The number of nitrogens with two attached hydrogens (primary N) is 1. The van der Waals surface area contributed by atoms with Gasteiger partial charge in [0, 0.05) is 22.2 Å². The highest BCUT2D eigenvalue weighted by Crippen LogP contribution is 2.48. The van der Waals surface area contributed by atoms with Crippen molar-refractivity contribution in [3.63, 3.8) is 0 Å². The molecule has 0 amide bonds. The van der Waals surface area contributed by atoms with Gasteiger partial charge in [-0.2, -0.15) is 0 Å². The molecule has 1 saturated carbocycles. The van der Waals surface area contributed by atoms with Gasteiger partial charge < -0.3 is 15.2 Å². The van der Waals surface area contributed by atoms with Crippen LogP contribution in [0.1, 0.15) is 63.0 Å². The van der Waals surface area contributed by atoms with Gasteiger partial charge in [0.25, 0.3) is 0 Å². The lowest BCUT2D eigenvalue weighted by atomic mass is 9.74. The van der Waals surface area contributed by atoms with E-state index < -0.39 is 0 Å². The molecule has 0 aromatic heterocycles. The zero-order chi connectivity index (χ0) is 15.6. The Morgan fingerprint density at radius 3 is 2.24 bits per heavy atom. The third-order valence-electron chi connectivity index (χ3n) is 4.48. The van der Waals surface area contributed by atoms with Crippen molar-refractivity contribution in [1.29, 1.82) is 0 Å². The summed E-state index contributed by atoms with van der Waals surface area (Å²) in [5, 5.41) is 0.695. The highest BCUT2D eigenvalue weighted by Gasteiger charge is 2.36. The van der Waals surface area contributed by atoms with Gasteiger partial charge in [-0.3, -0.25) is 0 Å². The molecule has 2 rings (SSSR count). The molecule has 0 unspecified atom stereocenters. The number of methoxy groups -OCH3 is 2. The monoisotopic (exact) mass is 311 g/mol. The number of halogens is 1. The number of hydrogen-bond acceptors (Lipinski definition) is 3. The van der Waals surface area contributed by atoms with Crippen molar-refractivity contribution in [2.75, 3.05) is 14.2 Å². The molecule has 1 aliphatic rings. The maximum absolute atomic E-state index is 6.75. The van der Waals surface area contributed by atoms with E-state index in [0.717, 1.165) is 42.6 Å². The van der Waals surface area contributed by atoms with Crippen molar-refractivity contribution in [3.8, 4) is 11.5 Å². The number of hydrogen-bond donors (Lipinski definition) is 1. The normalized spacial score (nSPS) is 17.9. The molecule has 1 aliphatic carbocycles. The van der Waals surface area contributed by atoms with E-state index in [1.807, 2.05) is 6.07 Å². The molecule has 0 saturated heterocycles. The molecule has 0 bridgehead atoms. The summed E-state index contributed by atoms with van der Waals surface area (Å²) in [4.78, 5) is 0. The lowest BCUT2D eigenvalue weighted by Gasteiger charge is -2.37. The minimum Gasteiger partial charge on any atom is -0.493 e. The quantitative estimate of drug-likeness (QED) is 0.884. The topological polar surface area (TPSA) is 44.5 Å². The molecule has 21 heavy (non-hydrogen) atoms. The Bertz CT molecular complexity index is 508. The second-order valence-corrected chi connectivity index (χ2v) is 6.66. The third kappa shape index (κ3) is 3.00. The molecule has 0 spiro atoms. The third-order valence-corrected chi connectivity index (χ3v) is 4.78. The maximum atomic E-state index is 6.75. The fourth-order valence-corrected chi connectivity index (χ4v) is 3.87. The first-order valence-corrected chi connectivity index (χ1v) is 8.06. The second kappa shape index (κ2) is 6.45. The van der Waals surface area contributed by atoms with Crippen LogP contribution in [0.15, 0.2) is 6.07 Å². The van der Waals surface area contributed by atoms with Gasteiger partial charge in [0.15, 0.2) is 11.5 Å². The Balaban J connectivity index is 2.69. The summed E-state index contributed by atoms with van der Waals surface area (Å²) in [6.45, 7) is 4.28. The van der Waals surface area contributed by atoms with Gasteiger partial charge in [-0.25, -0.2) is 0 Å². The van der Waals surface area contributed by atoms with Gasteiger partial charge in [0.2, 0.25) is 0 Å². The van der Waals surface area contributed by atoms with Crippen LogP contribution < -0.4 is 15.2 Å². The zero-order valence-electron chi connectivity index (χ0n) is 13.5. The van der Waals surface area contributed by atoms with Crippen LogP contribution >= 0.6 is 11.6 Å². The highest BCUT2D eigenvalue weighted by atomic mass is 35.5. The summed E-state index contributed by atoms with van der Waals surface area (Å²) in [6, 6.07) is 1.84. The Labute approximate surface area is 132 Å². The van der Waals surface area contributed by atoms with E-state index in [9.17, 15) is 0 Å². The summed E-state index contributed by atoms with van der Waals surface area (Å²) in [5.74, 6) is 1.71. The van der Waals surface area contributed by atoms with E-state index in [2.05, 4.69) is 13.8 Å². The van der Waals surface area contributed by atoms with Gasteiger partial charge >= 0.3 is 0 Å². The first-order valence-electron chi connectivity index (χ1n) is 7.68. The molecule has 1 aromatic carbocycles. The Morgan fingerprint density at radius 1 is 1.14 bits per heavy atom. The molecule has 0 atom stereocenters. The molecule has 4 heteroatoms. The standard InChI is InChI=1S/C17H26ClNO2/c1-11(2)14-15(17(19)8-6-5-7-9-17)12(18)10-13(20-3)16(14)21-4/h10-11H,5-9,19H2,1-4H3. The van der Waals surface area contributed by atoms with E-state index in [-0.39, 0.29) is 11.5 Å². The molecular weight excluding hydrogens is 286 g/mol. The van der Waals surface area contributed by atoms with Gasteiger partial charge in [-0.05, 0) is 24.3 Å². The number of ether oxygens (including phenoxy) is 2. The van der Waals surface area contributed by atoms with Crippen molar-refractivity contribution in [2.45, 2.75) is 57.4 Å². The van der Waals surface area contributed by atoms with Crippen LogP contribution in [0, 0.1) is 0 Å². The van der Waals surface area contributed by atoms with Gasteiger partial charge in [0.05, 0.1) is 14.2 Å². The average Bonchev–Trinajstić information content (AvgIpc) is 2.46. The lowest BCUT2D eigenvalue weighted by molar-refractivity contribution is 0.295. The molecular formula is C17H26ClNO2. The Hall–Kier alpha value is -0.930. The van der Waals surface area contributed by atoms with Crippen molar-refractivity contribution >= 4 is 11.6 Å². The molecule has 0 heterocycles. The van der Waals surface area contributed by atoms with Crippen molar-refractivity contribution in [3.05, 3.63) is 22.2 Å². The van der Waals surface area contributed by atoms with Crippen LogP contribution in [0.3, 0.4) is 0 Å². The first-order chi connectivity index (χ1) is 9.94. The first kappa shape index (κ1) is 16.4. The maximum Gasteiger partial charge on any atom is 0.164 e. The van der Waals surface area contributed by atoms with Gasteiger partial charge in [0.1, 0.15) is 0 Å². The van der Waals surface area contributed by atoms with Crippen molar-refractivity contribution in [2.24, 2.45) is 5.73 Å². The fraction of sp³-hybridized carbons (Fsp3) is 0.647. The van der Waals surface area contributed by atoms with E-state index in [0.29, 0.717) is 10.8 Å². The van der Waals surface area contributed by atoms with E-state index in [1.165, 1.54) is 6.42 Å².